The maximum Gasteiger partial charge on any atom is 0.332 e. The van der Waals surface area contributed by atoms with Crippen LogP contribution in [0.4, 0.5) is 0 Å². The van der Waals surface area contributed by atoms with Gasteiger partial charge in [0, 0.05) is 10.7 Å². The summed E-state index contributed by atoms with van der Waals surface area (Å²) < 4.78 is 31.6. The van der Waals surface area contributed by atoms with Crippen molar-refractivity contribution in [2.45, 2.75) is 11.6 Å². The molecule has 0 radical (unpaired) electrons. The number of fused-ring (bicyclic) bond motifs is 1. The van der Waals surface area contributed by atoms with E-state index in [-0.39, 0.29) is 12.0 Å². The number of hydrogen-bond donors (Lipinski definition) is 0. The predicted molar refractivity (Wildman–Crippen MR) is 62.8 cm³/mol. The number of ether oxygens (including phenoxy) is 1. The Morgan fingerprint density at radius 3 is 2.83 bits per heavy atom. The second-order valence-corrected chi connectivity index (χ2v) is 5.92. The number of oxazole rings is 1. The van der Waals surface area contributed by atoms with E-state index in [0.29, 0.717) is 11.1 Å². The molecule has 0 spiro atoms. The fourth-order valence-electron chi connectivity index (χ4n) is 1.40. The monoisotopic (exact) mass is 289 g/mol. The van der Waals surface area contributed by atoms with Crippen LogP contribution in [0.5, 0.6) is 0 Å². The van der Waals surface area contributed by atoms with Gasteiger partial charge in [0.2, 0.25) is 0 Å². The summed E-state index contributed by atoms with van der Waals surface area (Å²) in [7, 11) is 2.40. The summed E-state index contributed by atoms with van der Waals surface area (Å²) in [6.07, 6.45) is 0.0717. The number of carbonyl (C=O) groups is 1. The maximum absolute atomic E-state index is 11.1. The van der Waals surface area contributed by atoms with Crippen molar-refractivity contribution in [2.75, 3.05) is 7.11 Å². The molecule has 1 aromatic carbocycles. The minimum Gasteiger partial charge on any atom is -0.469 e. The van der Waals surface area contributed by atoms with Gasteiger partial charge in [-0.1, -0.05) is 6.07 Å². The lowest BCUT2D eigenvalue weighted by atomic mass is 10.1. The molecule has 1 aromatic heterocycles. The molecule has 1 heterocycles. The zero-order valence-electron chi connectivity index (χ0n) is 9.21. The molecule has 0 aliphatic rings. The van der Waals surface area contributed by atoms with E-state index in [4.69, 9.17) is 15.1 Å². The van der Waals surface area contributed by atoms with Crippen LogP contribution in [0.2, 0.25) is 0 Å². The summed E-state index contributed by atoms with van der Waals surface area (Å²) in [6, 6.07) is 4.68. The van der Waals surface area contributed by atoms with Crippen LogP contribution in [0.3, 0.4) is 0 Å². The number of carbonyl (C=O) groups excluding carboxylic acids is 1. The molecule has 0 fully saturated rings. The Labute approximate surface area is 107 Å². The molecule has 0 bridgehead atoms. The number of esters is 1. The first-order chi connectivity index (χ1) is 8.40. The second-order valence-electron chi connectivity index (χ2n) is 3.47. The molecule has 0 aliphatic carbocycles. The molecule has 6 nitrogen and oxygen atoms in total. The van der Waals surface area contributed by atoms with Gasteiger partial charge >= 0.3 is 20.2 Å². The Morgan fingerprint density at radius 1 is 1.50 bits per heavy atom. The molecule has 18 heavy (non-hydrogen) atoms. The van der Waals surface area contributed by atoms with Gasteiger partial charge in [-0.05, 0) is 17.7 Å². The van der Waals surface area contributed by atoms with Gasteiger partial charge in [0.15, 0.2) is 5.58 Å². The zero-order chi connectivity index (χ0) is 13.3. The number of halogens is 1. The van der Waals surface area contributed by atoms with Gasteiger partial charge in [-0.3, -0.25) is 4.79 Å². The van der Waals surface area contributed by atoms with Crippen molar-refractivity contribution in [3.05, 3.63) is 23.8 Å². The van der Waals surface area contributed by atoms with Crippen LogP contribution in [-0.2, 0) is 25.0 Å². The number of aromatic nitrogens is 1. The van der Waals surface area contributed by atoms with Crippen molar-refractivity contribution < 1.29 is 22.4 Å². The molecule has 0 unspecified atom stereocenters. The van der Waals surface area contributed by atoms with Gasteiger partial charge in [-0.25, -0.2) is 8.42 Å². The molecule has 2 aromatic rings. The highest BCUT2D eigenvalue weighted by Crippen LogP contribution is 2.22. The molecule has 96 valence electrons. The molecule has 0 N–H and O–H groups in total. The quantitative estimate of drug-likeness (QED) is 0.628. The Morgan fingerprint density at radius 2 is 2.22 bits per heavy atom. The van der Waals surface area contributed by atoms with Crippen molar-refractivity contribution in [1.29, 1.82) is 0 Å². The Kier molecular flexibility index (Phi) is 3.27. The number of nitrogens with zero attached hydrogens (tertiary/aromatic N) is 1. The highest BCUT2D eigenvalue weighted by molar-refractivity contribution is 8.13. The largest absolute Gasteiger partial charge is 0.469 e. The fourth-order valence-corrected chi connectivity index (χ4v) is 2.00. The fraction of sp³-hybridized carbons (Fsp3) is 0.200. The van der Waals surface area contributed by atoms with E-state index >= 15 is 0 Å². The first-order valence-electron chi connectivity index (χ1n) is 4.81. The lowest BCUT2D eigenvalue weighted by Gasteiger charge is -1.98. The van der Waals surface area contributed by atoms with E-state index < -0.39 is 20.2 Å². The normalized spacial score (nSPS) is 11.7. The molecular weight excluding hydrogens is 282 g/mol. The van der Waals surface area contributed by atoms with Crippen molar-refractivity contribution in [3.8, 4) is 0 Å². The van der Waals surface area contributed by atoms with E-state index in [1.807, 2.05) is 0 Å². The maximum atomic E-state index is 11.1. The Bertz CT molecular complexity index is 706. The van der Waals surface area contributed by atoms with E-state index in [2.05, 4.69) is 9.72 Å². The minimum absolute atomic E-state index is 0.0717. The van der Waals surface area contributed by atoms with Crippen LogP contribution in [0.15, 0.2) is 27.8 Å². The van der Waals surface area contributed by atoms with E-state index in [1.54, 1.807) is 12.1 Å². The average Bonchev–Trinajstić information content (AvgIpc) is 2.71. The summed E-state index contributed by atoms with van der Waals surface area (Å²) in [5, 5.41) is -0.561. The van der Waals surface area contributed by atoms with Crippen LogP contribution in [0.1, 0.15) is 5.56 Å². The topological polar surface area (TPSA) is 86.5 Å². The average molecular weight is 290 g/mol. The Balaban J connectivity index is 2.43. The summed E-state index contributed by atoms with van der Waals surface area (Å²) in [6.45, 7) is 0. The third-order valence-corrected chi connectivity index (χ3v) is 3.20. The summed E-state index contributed by atoms with van der Waals surface area (Å²) in [5.41, 5.74) is 1.24. The summed E-state index contributed by atoms with van der Waals surface area (Å²) >= 11 is 0. The van der Waals surface area contributed by atoms with Crippen molar-refractivity contribution >= 4 is 36.8 Å². The van der Waals surface area contributed by atoms with Gasteiger partial charge < -0.3 is 9.15 Å². The van der Waals surface area contributed by atoms with E-state index in [0.717, 1.165) is 0 Å². The van der Waals surface area contributed by atoms with Crippen LogP contribution in [-0.4, -0.2) is 26.5 Å². The lowest BCUT2D eigenvalue weighted by molar-refractivity contribution is -0.139. The number of methoxy groups -OCH3 is 1. The first kappa shape index (κ1) is 12.8. The number of hydrogen-bond acceptors (Lipinski definition) is 6. The highest BCUT2D eigenvalue weighted by atomic mass is 35.7. The third kappa shape index (κ3) is 2.62. The molecule has 0 saturated heterocycles. The van der Waals surface area contributed by atoms with Crippen LogP contribution in [0, 0.1) is 0 Å². The van der Waals surface area contributed by atoms with Crippen molar-refractivity contribution in [3.63, 3.8) is 0 Å². The minimum atomic E-state index is -4.00. The van der Waals surface area contributed by atoms with Gasteiger partial charge in [-0.15, -0.1) is 0 Å². The SMILES string of the molecule is COC(=O)Cc1ccc2oc(S(=O)(=O)Cl)nc2c1. The lowest BCUT2D eigenvalue weighted by Crippen LogP contribution is -2.04. The molecule has 0 amide bonds. The van der Waals surface area contributed by atoms with Crippen LogP contribution < -0.4 is 0 Å². The highest BCUT2D eigenvalue weighted by Gasteiger charge is 2.18. The third-order valence-electron chi connectivity index (χ3n) is 2.22. The first-order valence-corrected chi connectivity index (χ1v) is 7.12. The van der Waals surface area contributed by atoms with Gasteiger partial charge in [0.25, 0.3) is 0 Å². The van der Waals surface area contributed by atoms with Crippen molar-refractivity contribution in [2.24, 2.45) is 0 Å². The second kappa shape index (κ2) is 4.58. The van der Waals surface area contributed by atoms with Gasteiger partial charge in [-0.2, -0.15) is 4.98 Å². The van der Waals surface area contributed by atoms with E-state index in [9.17, 15) is 13.2 Å². The van der Waals surface area contributed by atoms with Crippen LogP contribution in [0.25, 0.3) is 11.1 Å². The van der Waals surface area contributed by atoms with Crippen molar-refractivity contribution in [1.82, 2.24) is 4.98 Å². The molecule has 8 heteroatoms. The molecular formula is C10H8ClNO5S. The number of rotatable bonds is 3. The Hall–Kier alpha value is -1.60. The molecule has 2 rings (SSSR count). The summed E-state index contributed by atoms with van der Waals surface area (Å²) in [5.74, 6) is -0.400. The molecule has 0 atom stereocenters. The molecule has 0 aliphatic heterocycles. The summed E-state index contributed by atoms with van der Waals surface area (Å²) in [4.78, 5) is 14.8. The predicted octanol–water partition coefficient (Wildman–Crippen LogP) is 1.47. The van der Waals surface area contributed by atoms with Gasteiger partial charge in [0.1, 0.15) is 5.52 Å². The standard InChI is InChI=1S/C10H8ClNO5S/c1-16-9(13)5-6-2-3-8-7(4-6)12-10(17-8)18(11,14)15/h2-4H,5H2,1H3. The van der Waals surface area contributed by atoms with Crippen LogP contribution >= 0.6 is 10.7 Å². The zero-order valence-corrected chi connectivity index (χ0v) is 10.8. The van der Waals surface area contributed by atoms with E-state index in [1.165, 1.54) is 13.2 Å². The molecule has 0 saturated carbocycles. The smallest absolute Gasteiger partial charge is 0.332 e. The number of benzene rings is 1. The van der Waals surface area contributed by atoms with Gasteiger partial charge in [0.05, 0.1) is 13.5 Å².